The van der Waals surface area contributed by atoms with E-state index in [1.165, 1.54) is 19.2 Å². The zero-order chi connectivity index (χ0) is 20.1. The van der Waals surface area contributed by atoms with E-state index >= 15 is 0 Å². The molecule has 2 heterocycles. The molecule has 0 aliphatic heterocycles. The number of amides is 1. The Kier molecular flexibility index (Phi) is 5.64. The van der Waals surface area contributed by atoms with Gasteiger partial charge in [0.25, 0.3) is 11.5 Å². The molecular formula is C19H21N7O2. The van der Waals surface area contributed by atoms with Crippen molar-refractivity contribution in [2.75, 3.05) is 22.5 Å². The minimum Gasteiger partial charge on any atom is -0.370 e. The standard InChI is InChI=1S/C19H21N7O2/c1-4-20-16-11-17(22-12(2)21-16)23-13-5-7-14(8-6-13)24-19(28)15-9-10-18(27)26(3)25-15/h5-11H,4H2,1-3H3,(H,24,28)(H2,20,21,22,23). The third-order valence-electron chi connectivity index (χ3n) is 3.80. The molecule has 0 saturated heterocycles. The Labute approximate surface area is 161 Å². The van der Waals surface area contributed by atoms with Gasteiger partial charge in [0.2, 0.25) is 0 Å². The van der Waals surface area contributed by atoms with E-state index in [9.17, 15) is 9.59 Å². The Morgan fingerprint density at radius 3 is 2.39 bits per heavy atom. The van der Waals surface area contributed by atoms with E-state index < -0.39 is 5.91 Å². The van der Waals surface area contributed by atoms with E-state index in [0.717, 1.165) is 22.7 Å². The van der Waals surface area contributed by atoms with Crippen molar-refractivity contribution >= 4 is 28.9 Å². The van der Waals surface area contributed by atoms with Crippen molar-refractivity contribution in [3.05, 3.63) is 64.3 Å². The maximum absolute atomic E-state index is 12.3. The molecule has 1 amide bonds. The van der Waals surface area contributed by atoms with Crippen LogP contribution in [0.25, 0.3) is 0 Å². The van der Waals surface area contributed by atoms with E-state index in [0.29, 0.717) is 17.3 Å². The Balaban J connectivity index is 1.69. The number of carbonyl (C=O) groups excluding carboxylic acids is 1. The zero-order valence-corrected chi connectivity index (χ0v) is 15.9. The van der Waals surface area contributed by atoms with Gasteiger partial charge in [-0.2, -0.15) is 5.10 Å². The Bertz CT molecular complexity index is 1040. The van der Waals surface area contributed by atoms with Crippen LogP contribution in [0.2, 0.25) is 0 Å². The fourth-order valence-corrected chi connectivity index (χ4v) is 2.51. The molecule has 0 fully saturated rings. The fraction of sp³-hybridized carbons (Fsp3) is 0.211. The lowest BCUT2D eigenvalue weighted by Crippen LogP contribution is -2.23. The monoisotopic (exact) mass is 379 g/mol. The van der Waals surface area contributed by atoms with Gasteiger partial charge in [-0.3, -0.25) is 9.59 Å². The molecule has 0 atom stereocenters. The molecule has 2 aromatic heterocycles. The summed E-state index contributed by atoms with van der Waals surface area (Å²) in [5, 5.41) is 13.1. The van der Waals surface area contributed by atoms with Gasteiger partial charge in [-0.15, -0.1) is 0 Å². The maximum atomic E-state index is 12.3. The van der Waals surface area contributed by atoms with Gasteiger partial charge in [-0.25, -0.2) is 14.6 Å². The number of hydrogen-bond donors (Lipinski definition) is 3. The van der Waals surface area contributed by atoms with Gasteiger partial charge in [0.15, 0.2) is 0 Å². The lowest BCUT2D eigenvalue weighted by Gasteiger charge is -2.10. The molecule has 0 aliphatic rings. The number of aromatic nitrogens is 4. The van der Waals surface area contributed by atoms with Crippen molar-refractivity contribution in [1.29, 1.82) is 0 Å². The summed E-state index contributed by atoms with van der Waals surface area (Å²) in [6, 6.07) is 11.7. The highest BCUT2D eigenvalue weighted by Crippen LogP contribution is 2.19. The molecule has 144 valence electrons. The van der Waals surface area contributed by atoms with Crippen LogP contribution in [0.15, 0.2) is 47.3 Å². The highest BCUT2D eigenvalue weighted by Gasteiger charge is 2.09. The number of hydrogen-bond acceptors (Lipinski definition) is 7. The molecule has 0 spiro atoms. The van der Waals surface area contributed by atoms with Crippen molar-refractivity contribution in [1.82, 2.24) is 19.7 Å². The van der Waals surface area contributed by atoms with E-state index in [1.807, 2.05) is 32.0 Å². The maximum Gasteiger partial charge on any atom is 0.276 e. The topological polar surface area (TPSA) is 114 Å². The van der Waals surface area contributed by atoms with Crippen LogP contribution in [-0.2, 0) is 7.05 Å². The van der Waals surface area contributed by atoms with Gasteiger partial charge in [0.1, 0.15) is 23.2 Å². The normalized spacial score (nSPS) is 10.4. The fourth-order valence-electron chi connectivity index (χ4n) is 2.51. The van der Waals surface area contributed by atoms with Crippen LogP contribution in [0.4, 0.5) is 23.0 Å². The molecule has 3 rings (SSSR count). The van der Waals surface area contributed by atoms with Crippen molar-refractivity contribution in [2.45, 2.75) is 13.8 Å². The smallest absolute Gasteiger partial charge is 0.276 e. The first-order valence-corrected chi connectivity index (χ1v) is 8.77. The van der Waals surface area contributed by atoms with Crippen LogP contribution in [0.5, 0.6) is 0 Å². The summed E-state index contributed by atoms with van der Waals surface area (Å²) in [7, 11) is 1.50. The largest absolute Gasteiger partial charge is 0.370 e. The number of rotatable bonds is 6. The Morgan fingerprint density at radius 2 is 1.71 bits per heavy atom. The molecular weight excluding hydrogens is 358 g/mol. The summed E-state index contributed by atoms with van der Waals surface area (Å²) < 4.78 is 1.12. The van der Waals surface area contributed by atoms with E-state index in [-0.39, 0.29) is 11.3 Å². The van der Waals surface area contributed by atoms with Crippen LogP contribution in [-0.4, -0.2) is 32.2 Å². The summed E-state index contributed by atoms with van der Waals surface area (Å²) in [5.41, 5.74) is 1.32. The number of carbonyl (C=O) groups is 1. The molecule has 28 heavy (non-hydrogen) atoms. The van der Waals surface area contributed by atoms with Crippen LogP contribution < -0.4 is 21.5 Å². The van der Waals surface area contributed by atoms with E-state index in [2.05, 4.69) is 31.0 Å². The minimum atomic E-state index is -0.391. The van der Waals surface area contributed by atoms with Gasteiger partial charge < -0.3 is 16.0 Å². The van der Waals surface area contributed by atoms with Gasteiger partial charge >= 0.3 is 0 Å². The minimum absolute atomic E-state index is 0.164. The lowest BCUT2D eigenvalue weighted by atomic mass is 10.2. The van der Waals surface area contributed by atoms with Crippen LogP contribution in [0.3, 0.4) is 0 Å². The van der Waals surface area contributed by atoms with Crippen molar-refractivity contribution in [3.8, 4) is 0 Å². The predicted molar refractivity (Wildman–Crippen MR) is 108 cm³/mol. The second kappa shape index (κ2) is 8.30. The van der Waals surface area contributed by atoms with Gasteiger partial charge in [-0.1, -0.05) is 0 Å². The summed E-state index contributed by atoms with van der Waals surface area (Å²) in [4.78, 5) is 32.3. The third-order valence-corrected chi connectivity index (χ3v) is 3.80. The summed E-state index contributed by atoms with van der Waals surface area (Å²) in [6.45, 7) is 4.61. The Morgan fingerprint density at radius 1 is 1.04 bits per heavy atom. The molecule has 0 radical (unpaired) electrons. The van der Waals surface area contributed by atoms with E-state index in [4.69, 9.17) is 0 Å². The number of benzene rings is 1. The average molecular weight is 379 g/mol. The highest BCUT2D eigenvalue weighted by molar-refractivity contribution is 6.02. The molecule has 3 aromatic rings. The van der Waals surface area contributed by atoms with Gasteiger partial charge in [0, 0.05) is 37.1 Å². The third kappa shape index (κ3) is 4.70. The van der Waals surface area contributed by atoms with Crippen LogP contribution in [0.1, 0.15) is 23.2 Å². The first-order chi connectivity index (χ1) is 13.4. The van der Waals surface area contributed by atoms with Crippen molar-refractivity contribution in [2.24, 2.45) is 7.05 Å². The molecule has 0 aliphatic carbocycles. The number of nitrogens with zero attached hydrogens (tertiary/aromatic N) is 4. The molecule has 0 bridgehead atoms. The average Bonchev–Trinajstić information content (AvgIpc) is 2.65. The van der Waals surface area contributed by atoms with Crippen molar-refractivity contribution in [3.63, 3.8) is 0 Å². The summed E-state index contributed by atoms with van der Waals surface area (Å²) >= 11 is 0. The second-order valence-electron chi connectivity index (χ2n) is 6.05. The lowest BCUT2D eigenvalue weighted by molar-refractivity contribution is 0.102. The molecule has 9 nitrogen and oxygen atoms in total. The van der Waals surface area contributed by atoms with Gasteiger partial charge in [0.05, 0.1) is 0 Å². The van der Waals surface area contributed by atoms with E-state index in [1.54, 1.807) is 12.1 Å². The Hall–Kier alpha value is -3.75. The summed E-state index contributed by atoms with van der Waals surface area (Å²) in [5.74, 6) is 1.70. The number of aryl methyl sites for hydroxylation is 2. The first kappa shape index (κ1) is 19.0. The highest BCUT2D eigenvalue weighted by atomic mass is 16.2. The second-order valence-corrected chi connectivity index (χ2v) is 6.05. The van der Waals surface area contributed by atoms with Crippen molar-refractivity contribution < 1.29 is 4.79 Å². The molecule has 0 saturated carbocycles. The molecule has 0 unspecified atom stereocenters. The number of anilines is 4. The van der Waals surface area contributed by atoms with Gasteiger partial charge in [-0.05, 0) is 44.2 Å². The number of nitrogens with one attached hydrogen (secondary N) is 3. The van der Waals surface area contributed by atoms with Crippen LogP contribution >= 0.6 is 0 Å². The van der Waals surface area contributed by atoms with Crippen LogP contribution in [0, 0.1) is 6.92 Å². The first-order valence-electron chi connectivity index (χ1n) is 8.77. The summed E-state index contributed by atoms with van der Waals surface area (Å²) in [6.07, 6.45) is 0. The molecule has 1 aromatic carbocycles. The predicted octanol–water partition coefficient (Wildman–Crippen LogP) is 2.31. The zero-order valence-electron chi connectivity index (χ0n) is 15.9. The SMILES string of the molecule is CCNc1cc(Nc2ccc(NC(=O)c3ccc(=O)n(C)n3)cc2)nc(C)n1. The quantitative estimate of drug-likeness (QED) is 0.602. The molecule has 9 heteroatoms. The molecule has 3 N–H and O–H groups in total.